The zero-order valence-corrected chi connectivity index (χ0v) is 15.5. The number of alkyl halides is 3. The third kappa shape index (κ3) is 5.74. The largest absolute Gasteiger partial charge is 0.460 e. The van der Waals surface area contributed by atoms with E-state index in [-0.39, 0.29) is 18.3 Å². The second-order valence-corrected chi connectivity index (χ2v) is 6.36. The van der Waals surface area contributed by atoms with Crippen LogP contribution in [-0.2, 0) is 17.5 Å². The molecule has 1 aromatic heterocycles. The zero-order valence-electron chi connectivity index (χ0n) is 14.7. The van der Waals surface area contributed by atoms with E-state index in [1.54, 1.807) is 18.2 Å². The number of benzene rings is 1. The average molecular weight is 403 g/mol. The van der Waals surface area contributed by atoms with Gasteiger partial charge in [0, 0.05) is 25.1 Å². The average Bonchev–Trinajstić information content (AvgIpc) is 3.23. The summed E-state index contributed by atoms with van der Waals surface area (Å²) in [6.45, 7) is 2.83. The molecule has 0 spiro atoms. The van der Waals surface area contributed by atoms with Crippen LogP contribution in [0, 0.1) is 0 Å². The SMILES string of the molecule is Cl.O=C1CCCN1CCCNCc1ccc(-c2cccc(C(F)(F)F)c2)o1. The zero-order chi connectivity index (χ0) is 18.6. The van der Waals surface area contributed by atoms with Gasteiger partial charge < -0.3 is 14.6 Å². The predicted octanol–water partition coefficient (Wildman–Crippen LogP) is 4.49. The molecule has 0 radical (unpaired) electrons. The van der Waals surface area contributed by atoms with Crippen molar-refractivity contribution in [1.29, 1.82) is 0 Å². The summed E-state index contributed by atoms with van der Waals surface area (Å²) >= 11 is 0. The maximum Gasteiger partial charge on any atom is 0.416 e. The Kier molecular flexibility index (Phi) is 7.33. The van der Waals surface area contributed by atoms with E-state index in [4.69, 9.17) is 4.42 Å². The molecule has 0 saturated carbocycles. The molecule has 3 rings (SSSR count). The van der Waals surface area contributed by atoms with Crippen molar-refractivity contribution in [2.45, 2.75) is 32.0 Å². The number of furan rings is 1. The Hall–Kier alpha value is -1.99. The van der Waals surface area contributed by atoms with Crippen molar-refractivity contribution in [2.24, 2.45) is 0 Å². The van der Waals surface area contributed by atoms with E-state index in [1.165, 1.54) is 6.07 Å². The first-order chi connectivity index (χ1) is 12.4. The van der Waals surface area contributed by atoms with Crippen LogP contribution >= 0.6 is 12.4 Å². The van der Waals surface area contributed by atoms with Gasteiger partial charge in [0.2, 0.25) is 5.91 Å². The Bertz CT molecular complexity index is 761. The van der Waals surface area contributed by atoms with Gasteiger partial charge in [0.15, 0.2) is 0 Å². The van der Waals surface area contributed by atoms with Gasteiger partial charge in [-0.2, -0.15) is 13.2 Å². The second-order valence-electron chi connectivity index (χ2n) is 6.36. The van der Waals surface area contributed by atoms with E-state index < -0.39 is 11.7 Å². The van der Waals surface area contributed by atoms with Crippen molar-refractivity contribution in [2.75, 3.05) is 19.6 Å². The summed E-state index contributed by atoms with van der Waals surface area (Å²) in [6, 6.07) is 8.53. The normalized spacial score (nSPS) is 14.5. The molecule has 8 heteroatoms. The first-order valence-corrected chi connectivity index (χ1v) is 8.68. The highest BCUT2D eigenvalue weighted by Crippen LogP contribution is 2.32. The van der Waals surface area contributed by atoms with Gasteiger partial charge in [0.25, 0.3) is 0 Å². The van der Waals surface area contributed by atoms with E-state index in [1.807, 2.05) is 4.90 Å². The summed E-state index contributed by atoms with van der Waals surface area (Å²) in [5.74, 6) is 1.30. The number of amides is 1. The maximum atomic E-state index is 12.8. The summed E-state index contributed by atoms with van der Waals surface area (Å²) < 4.78 is 44.0. The van der Waals surface area contributed by atoms with Gasteiger partial charge in [-0.05, 0) is 43.7 Å². The van der Waals surface area contributed by atoms with Crippen LogP contribution in [-0.4, -0.2) is 30.4 Å². The number of carbonyl (C=O) groups excluding carboxylic acids is 1. The van der Waals surface area contributed by atoms with Crippen LogP contribution in [0.2, 0.25) is 0 Å². The van der Waals surface area contributed by atoms with Gasteiger partial charge in [-0.1, -0.05) is 12.1 Å². The fourth-order valence-corrected chi connectivity index (χ4v) is 3.02. The number of carbonyl (C=O) groups is 1. The van der Waals surface area contributed by atoms with Crippen LogP contribution in [0.25, 0.3) is 11.3 Å². The van der Waals surface area contributed by atoms with Crippen LogP contribution in [0.5, 0.6) is 0 Å². The molecule has 0 atom stereocenters. The van der Waals surface area contributed by atoms with Crippen molar-refractivity contribution in [3.63, 3.8) is 0 Å². The lowest BCUT2D eigenvalue weighted by Crippen LogP contribution is -2.28. The van der Waals surface area contributed by atoms with E-state index in [0.29, 0.717) is 30.0 Å². The third-order valence-electron chi connectivity index (χ3n) is 4.39. The van der Waals surface area contributed by atoms with E-state index in [2.05, 4.69) is 5.32 Å². The van der Waals surface area contributed by atoms with Gasteiger partial charge in [-0.25, -0.2) is 0 Å². The summed E-state index contributed by atoms with van der Waals surface area (Å²) in [6.07, 6.45) is -1.92. The predicted molar refractivity (Wildman–Crippen MR) is 98.5 cm³/mol. The molecule has 0 bridgehead atoms. The van der Waals surface area contributed by atoms with Crippen LogP contribution in [0.3, 0.4) is 0 Å². The Labute approximate surface area is 162 Å². The molecule has 27 heavy (non-hydrogen) atoms. The fourth-order valence-electron chi connectivity index (χ4n) is 3.02. The van der Waals surface area contributed by atoms with E-state index in [9.17, 15) is 18.0 Å². The molecule has 2 aromatic rings. The molecular formula is C19H22ClF3N2O2. The highest BCUT2D eigenvalue weighted by Gasteiger charge is 2.30. The number of rotatable bonds is 7. The molecule has 1 aliphatic rings. The molecule has 1 fully saturated rings. The van der Waals surface area contributed by atoms with E-state index >= 15 is 0 Å². The molecule has 1 amide bonds. The van der Waals surface area contributed by atoms with Gasteiger partial charge in [0.1, 0.15) is 11.5 Å². The standard InChI is InChI=1S/C19H21F3N2O2.ClH/c20-19(21,22)15-5-1-4-14(12-15)17-8-7-16(26-17)13-23-9-3-11-24-10-2-6-18(24)25;/h1,4-5,7-8,12,23H,2-3,6,9-11,13H2;1H. The number of halogens is 4. The van der Waals surface area contributed by atoms with Crippen molar-refractivity contribution >= 4 is 18.3 Å². The Morgan fingerprint density at radius 3 is 2.70 bits per heavy atom. The maximum absolute atomic E-state index is 12.8. The minimum absolute atomic E-state index is 0. The molecule has 1 aliphatic heterocycles. The smallest absolute Gasteiger partial charge is 0.416 e. The van der Waals surface area contributed by atoms with Crippen LogP contribution in [0.15, 0.2) is 40.8 Å². The first-order valence-electron chi connectivity index (χ1n) is 8.68. The minimum atomic E-state index is -4.37. The monoisotopic (exact) mass is 402 g/mol. The summed E-state index contributed by atoms with van der Waals surface area (Å²) in [5, 5.41) is 3.23. The molecule has 1 N–H and O–H groups in total. The quantitative estimate of drug-likeness (QED) is 0.694. The molecular weight excluding hydrogens is 381 g/mol. The number of hydrogen-bond donors (Lipinski definition) is 1. The van der Waals surface area contributed by atoms with Crippen LogP contribution < -0.4 is 5.32 Å². The minimum Gasteiger partial charge on any atom is -0.460 e. The summed E-state index contributed by atoms with van der Waals surface area (Å²) in [5.41, 5.74) is -0.291. The topological polar surface area (TPSA) is 45.5 Å². The van der Waals surface area contributed by atoms with Crippen molar-refractivity contribution in [1.82, 2.24) is 10.2 Å². The molecule has 1 saturated heterocycles. The number of hydrogen-bond acceptors (Lipinski definition) is 3. The molecule has 1 aromatic carbocycles. The van der Waals surface area contributed by atoms with E-state index in [0.717, 1.165) is 44.6 Å². The van der Waals surface area contributed by atoms with Gasteiger partial charge in [0.05, 0.1) is 12.1 Å². The lowest BCUT2D eigenvalue weighted by atomic mass is 10.1. The molecule has 0 aliphatic carbocycles. The Morgan fingerprint density at radius 1 is 1.19 bits per heavy atom. The number of likely N-dealkylation sites (tertiary alicyclic amines) is 1. The highest BCUT2D eigenvalue weighted by atomic mass is 35.5. The number of nitrogens with one attached hydrogen (secondary N) is 1. The molecule has 2 heterocycles. The fraction of sp³-hybridized carbons (Fsp3) is 0.421. The lowest BCUT2D eigenvalue weighted by molar-refractivity contribution is -0.137. The van der Waals surface area contributed by atoms with Gasteiger partial charge >= 0.3 is 6.18 Å². The Morgan fingerprint density at radius 2 is 2.00 bits per heavy atom. The first kappa shape index (κ1) is 21.3. The van der Waals surface area contributed by atoms with Crippen molar-refractivity contribution < 1.29 is 22.4 Å². The second kappa shape index (κ2) is 9.28. The molecule has 4 nitrogen and oxygen atoms in total. The summed E-state index contributed by atoms with van der Waals surface area (Å²) in [7, 11) is 0. The number of nitrogens with zero attached hydrogens (tertiary/aromatic N) is 1. The van der Waals surface area contributed by atoms with Crippen molar-refractivity contribution in [3.8, 4) is 11.3 Å². The van der Waals surface area contributed by atoms with Gasteiger partial charge in [-0.15, -0.1) is 12.4 Å². The van der Waals surface area contributed by atoms with Gasteiger partial charge in [-0.3, -0.25) is 4.79 Å². The lowest BCUT2D eigenvalue weighted by Gasteiger charge is -2.15. The Balaban J connectivity index is 0.00000261. The molecule has 148 valence electrons. The molecule has 0 unspecified atom stereocenters. The third-order valence-corrected chi connectivity index (χ3v) is 4.39. The summed E-state index contributed by atoms with van der Waals surface area (Å²) in [4.78, 5) is 13.4. The van der Waals surface area contributed by atoms with Crippen LogP contribution in [0.1, 0.15) is 30.6 Å². The van der Waals surface area contributed by atoms with Crippen LogP contribution in [0.4, 0.5) is 13.2 Å². The van der Waals surface area contributed by atoms with Crippen molar-refractivity contribution in [3.05, 3.63) is 47.7 Å². The highest BCUT2D eigenvalue weighted by molar-refractivity contribution is 5.85.